The summed E-state index contributed by atoms with van der Waals surface area (Å²) in [7, 11) is 0. The minimum absolute atomic E-state index is 0.154. The van der Waals surface area contributed by atoms with Gasteiger partial charge < -0.3 is 5.32 Å². The van der Waals surface area contributed by atoms with Crippen molar-refractivity contribution in [3.8, 4) is 0 Å². The van der Waals surface area contributed by atoms with Crippen molar-refractivity contribution in [3.05, 3.63) is 29.6 Å². The molecule has 0 saturated heterocycles. The third kappa shape index (κ3) is 2.71. The standard InChI is InChI=1S/C13H18FN/c1-10-7-8-11(14)9-13(10)15-12-5-3-2-4-6-12/h7-9,12,15H,2-6H2,1H3. The van der Waals surface area contributed by atoms with Gasteiger partial charge in [-0.1, -0.05) is 25.3 Å². The highest BCUT2D eigenvalue weighted by Gasteiger charge is 2.13. The molecule has 0 aliphatic heterocycles. The largest absolute Gasteiger partial charge is 0.382 e. The predicted octanol–water partition coefficient (Wildman–Crippen LogP) is 3.88. The Morgan fingerprint density at radius 1 is 1.20 bits per heavy atom. The Hall–Kier alpha value is -1.05. The van der Waals surface area contributed by atoms with Gasteiger partial charge in [-0.2, -0.15) is 0 Å². The minimum Gasteiger partial charge on any atom is -0.382 e. The Labute approximate surface area is 90.7 Å². The van der Waals surface area contributed by atoms with E-state index in [0.29, 0.717) is 6.04 Å². The first-order valence-electron chi connectivity index (χ1n) is 5.78. The van der Waals surface area contributed by atoms with E-state index < -0.39 is 0 Å². The van der Waals surface area contributed by atoms with Crippen LogP contribution in [0.1, 0.15) is 37.7 Å². The highest BCUT2D eigenvalue weighted by Crippen LogP contribution is 2.23. The van der Waals surface area contributed by atoms with Crippen molar-refractivity contribution in [1.82, 2.24) is 0 Å². The fraction of sp³-hybridized carbons (Fsp3) is 0.538. The van der Waals surface area contributed by atoms with E-state index in [1.165, 1.54) is 38.2 Å². The van der Waals surface area contributed by atoms with Crippen molar-refractivity contribution in [2.24, 2.45) is 0 Å². The van der Waals surface area contributed by atoms with Gasteiger partial charge in [0, 0.05) is 11.7 Å². The van der Waals surface area contributed by atoms with Gasteiger partial charge in [-0.3, -0.25) is 0 Å². The molecule has 1 aliphatic rings. The van der Waals surface area contributed by atoms with Crippen molar-refractivity contribution in [1.29, 1.82) is 0 Å². The first kappa shape index (κ1) is 10.5. The van der Waals surface area contributed by atoms with E-state index in [1.54, 1.807) is 6.07 Å². The molecule has 0 bridgehead atoms. The van der Waals surface area contributed by atoms with E-state index in [-0.39, 0.29) is 5.82 Å². The summed E-state index contributed by atoms with van der Waals surface area (Å²) in [6, 6.07) is 5.49. The Kier molecular flexibility index (Phi) is 3.24. The van der Waals surface area contributed by atoms with Crippen molar-refractivity contribution < 1.29 is 4.39 Å². The van der Waals surface area contributed by atoms with E-state index in [0.717, 1.165) is 11.3 Å². The smallest absolute Gasteiger partial charge is 0.125 e. The van der Waals surface area contributed by atoms with Crippen LogP contribution in [0.2, 0.25) is 0 Å². The molecule has 0 atom stereocenters. The lowest BCUT2D eigenvalue weighted by atomic mass is 9.95. The second-order valence-corrected chi connectivity index (χ2v) is 4.44. The quantitative estimate of drug-likeness (QED) is 0.776. The van der Waals surface area contributed by atoms with E-state index in [2.05, 4.69) is 5.32 Å². The molecule has 1 fully saturated rings. The van der Waals surface area contributed by atoms with Crippen LogP contribution in [0.3, 0.4) is 0 Å². The first-order valence-corrected chi connectivity index (χ1v) is 5.78. The molecule has 0 unspecified atom stereocenters. The number of hydrogen-bond donors (Lipinski definition) is 1. The molecular formula is C13H18FN. The summed E-state index contributed by atoms with van der Waals surface area (Å²) in [6.45, 7) is 2.02. The molecule has 1 aromatic carbocycles. The molecule has 1 aliphatic carbocycles. The van der Waals surface area contributed by atoms with Gasteiger partial charge in [-0.15, -0.1) is 0 Å². The third-order valence-electron chi connectivity index (χ3n) is 3.16. The van der Waals surface area contributed by atoms with Crippen LogP contribution in [-0.2, 0) is 0 Å². The van der Waals surface area contributed by atoms with Crippen LogP contribution in [0.4, 0.5) is 10.1 Å². The molecule has 0 aromatic heterocycles. The van der Waals surface area contributed by atoms with Gasteiger partial charge in [0.1, 0.15) is 5.82 Å². The lowest BCUT2D eigenvalue weighted by molar-refractivity contribution is 0.462. The lowest BCUT2D eigenvalue weighted by Crippen LogP contribution is -2.22. The topological polar surface area (TPSA) is 12.0 Å². The van der Waals surface area contributed by atoms with Gasteiger partial charge in [0.25, 0.3) is 0 Å². The second-order valence-electron chi connectivity index (χ2n) is 4.44. The molecule has 2 rings (SSSR count). The summed E-state index contributed by atoms with van der Waals surface area (Å²) >= 11 is 0. The summed E-state index contributed by atoms with van der Waals surface area (Å²) < 4.78 is 13.1. The van der Waals surface area contributed by atoms with Crippen molar-refractivity contribution in [2.45, 2.75) is 45.1 Å². The van der Waals surface area contributed by atoms with Gasteiger partial charge in [0.05, 0.1) is 0 Å². The molecule has 82 valence electrons. The van der Waals surface area contributed by atoms with E-state index in [4.69, 9.17) is 0 Å². The van der Waals surface area contributed by atoms with Crippen molar-refractivity contribution >= 4 is 5.69 Å². The normalized spacial score (nSPS) is 17.7. The maximum atomic E-state index is 13.1. The van der Waals surface area contributed by atoms with Gasteiger partial charge in [0.2, 0.25) is 0 Å². The van der Waals surface area contributed by atoms with Crippen LogP contribution in [0.5, 0.6) is 0 Å². The van der Waals surface area contributed by atoms with Crippen LogP contribution < -0.4 is 5.32 Å². The zero-order chi connectivity index (χ0) is 10.7. The Morgan fingerprint density at radius 2 is 1.93 bits per heavy atom. The lowest BCUT2D eigenvalue weighted by Gasteiger charge is -2.24. The number of anilines is 1. The summed E-state index contributed by atoms with van der Waals surface area (Å²) in [5.74, 6) is -0.154. The summed E-state index contributed by atoms with van der Waals surface area (Å²) in [5.41, 5.74) is 2.09. The maximum absolute atomic E-state index is 13.1. The molecular weight excluding hydrogens is 189 g/mol. The van der Waals surface area contributed by atoms with Crippen LogP contribution in [-0.4, -0.2) is 6.04 Å². The fourth-order valence-corrected chi connectivity index (χ4v) is 2.22. The van der Waals surface area contributed by atoms with E-state index in [9.17, 15) is 4.39 Å². The molecule has 2 heteroatoms. The van der Waals surface area contributed by atoms with Crippen LogP contribution in [0, 0.1) is 12.7 Å². The number of rotatable bonds is 2. The van der Waals surface area contributed by atoms with Gasteiger partial charge >= 0.3 is 0 Å². The van der Waals surface area contributed by atoms with E-state index >= 15 is 0 Å². The van der Waals surface area contributed by atoms with E-state index in [1.807, 2.05) is 13.0 Å². The molecule has 1 nitrogen and oxygen atoms in total. The first-order chi connectivity index (χ1) is 7.25. The molecule has 1 N–H and O–H groups in total. The number of halogens is 1. The molecule has 0 spiro atoms. The van der Waals surface area contributed by atoms with Crippen molar-refractivity contribution in [3.63, 3.8) is 0 Å². The highest BCUT2D eigenvalue weighted by atomic mass is 19.1. The zero-order valence-electron chi connectivity index (χ0n) is 9.22. The average Bonchev–Trinajstić information content (AvgIpc) is 2.25. The maximum Gasteiger partial charge on any atom is 0.125 e. The average molecular weight is 207 g/mol. The summed E-state index contributed by atoms with van der Waals surface area (Å²) in [5, 5.41) is 3.45. The van der Waals surface area contributed by atoms with Gasteiger partial charge in [-0.25, -0.2) is 4.39 Å². The van der Waals surface area contributed by atoms with Gasteiger partial charge in [-0.05, 0) is 37.5 Å². The molecule has 1 aromatic rings. The van der Waals surface area contributed by atoms with Crippen LogP contribution >= 0.6 is 0 Å². The Morgan fingerprint density at radius 3 is 2.67 bits per heavy atom. The second kappa shape index (κ2) is 4.65. The molecule has 0 radical (unpaired) electrons. The van der Waals surface area contributed by atoms with Crippen LogP contribution in [0.15, 0.2) is 18.2 Å². The number of benzene rings is 1. The monoisotopic (exact) mass is 207 g/mol. The fourth-order valence-electron chi connectivity index (χ4n) is 2.22. The highest BCUT2D eigenvalue weighted by molar-refractivity contribution is 5.51. The summed E-state index contributed by atoms with van der Waals surface area (Å²) in [4.78, 5) is 0. The zero-order valence-corrected chi connectivity index (χ0v) is 9.22. The Balaban J connectivity index is 2.05. The predicted molar refractivity (Wildman–Crippen MR) is 61.6 cm³/mol. The van der Waals surface area contributed by atoms with Crippen LogP contribution in [0.25, 0.3) is 0 Å². The number of aryl methyl sites for hydroxylation is 1. The van der Waals surface area contributed by atoms with Crippen molar-refractivity contribution in [2.75, 3.05) is 5.32 Å². The SMILES string of the molecule is Cc1ccc(F)cc1NC1CCCCC1. The summed E-state index contributed by atoms with van der Waals surface area (Å²) in [6.07, 6.45) is 6.38. The number of hydrogen-bond acceptors (Lipinski definition) is 1. The molecule has 1 saturated carbocycles. The van der Waals surface area contributed by atoms with Gasteiger partial charge in [0.15, 0.2) is 0 Å². The minimum atomic E-state index is -0.154. The Bertz CT molecular complexity index is 329. The molecule has 0 heterocycles. The number of nitrogens with one attached hydrogen (secondary N) is 1. The third-order valence-corrected chi connectivity index (χ3v) is 3.16. The molecule has 0 amide bonds. The molecule has 15 heavy (non-hydrogen) atoms.